The van der Waals surface area contributed by atoms with Crippen molar-refractivity contribution in [3.05, 3.63) is 91.0 Å². The predicted octanol–water partition coefficient (Wildman–Crippen LogP) is 2.35. The Hall–Kier alpha value is -3.60. The van der Waals surface area contributed by atoms with Gasteiger partial charge in [0.1, 0.15) is 35.9 Å². The highest BCUT2D eigenvalue weighted by Crippen LogP contribution is 2.63. The lowest BCUT2D eigenvalue weighted by molar-refractivity contribution is -0.249. The van der Waals surface area contributed by atoms with Crippen LogP contribution in [0.1, 0.15) is 11.8 Å². The van der Waals surface area contributed by atoms with Crippen molar-refractivity contribution in [3.63, 3.8) is 0 Å². The first-order valence-electron chi connectivity index (χ1n) is 14.5. The molecule has 2 aliphatic rings. The summed E-state index contributed by atoms with van der Waals surface area (Å²) in [5.74, 6) is -0.173. The van der Waals surface area contributed by atoms with Gasteiger partial charge in [0, 0.05) is 6.42 Å². The Bertz CT molecular complexity index is 2140. The number of hydrogen-bond acceptors (Lipinski definition) is 17. The molecule has 0 radical (unpaired) electrons. The fourth-order valence-electron chi connectivity index (χ4n) is 5.54. The summed E-state index contributed by atoms with van der Waals surface area (Å²) in [6.07, 6.45) is -1.73. The third kappa shape index (κ3) is 7.61. The van der Waals surface area contributed by atoms with E-state index in [2.05, 4.69) is 23.6 Å². The number of aromatic nitrogens is 4. The van der Waals surface area contributed by atoms with Crippen molar-refractivity contribution >= 4 is 51.2 Å². The van der Waals surface area contributed by atoms with E-state index in [1.54, 1.807) is 24.3 Å². The third-order valence-corrected chi connectivity index (χ3v) is 11.6. The minimum Gasteiger partial charge on any atom is -0.756 e. The van der Waals surface area contributed by atoms with Crippen molar-refractivity contribution in [3.8, 4) is 5.75 Å². The quantitative estimate of drug-likeness (QED) is 0.181. The lowest BCUT2D eigenvalue weighted by Crippen LogP contribution is -2.32. The van der Waals surface area contributed by atoms with Gasteiger partial charge >= 0.3 is 7.82 Å². The van der Waals surface area contributed by atoms with Crippen LogP contribution >= 0.6 is 23.5 Å². The lowest BCUT2D eigenvalue weighted by atomic mass is 10.1. The minimum absolute atomic E-state index is 0.114. The minimum atomic E-state index is -6.12. The van der Waals surface area contributed by atoms with E-state index >= 15 is 0 Å². The summed E-state index contributed by atoms with van der Waals surface area (Å²) < 4.78 is 74.8. The first-order chi connectivity index (χ1) is 23.3. The van der Waals surface area contributed by atoms with Crippen molar-refractivity contribution in [2.45, 2.75) is 37.3 Å². The number of nitrogens with two attached hydrogens (primary N) is 1. The van der Waals surface area contributed by atoms with Crippen molar-refractivity contribution in [1.82, 2.24) is 19.5 Å². The number of phosphoric acid groups is 3. The molecule has 5 unspecified atom stereocenters. The normalized spacial score (nSPS) is 25.8. The molecule has 0 aliphatic carbocycles. The highest BCUT2D eigenvalue weighted by Gasteiger charge is 2.54. The molecule has 0 bridgehead atoms. The van der Waals surface area contributed by atoms with E-state index in [-0.39, 0.29) is 17.1 Å². The van der Waals surface area contributed by atoms with Gasteiger partial charge < -0.3 is 43.7 Å². The summed E-state index contributed by atoms with van der Waals surface area (Å²) in [6.45, 7) is -0.827. The van der Waals surface area contributed by atoms with Crippen LogP contribution in [0.3, 0.4) is 0 Å². The third-order valence-electron chi connectivity index (χ3n) is 7.54. The van der Waals surface area contributed by atoms with Crippen LogP contribution in [-0.4, -0.2) is 50.7 Å². The van der Waals surface area contributed by atoms with Gasteiger partial charge in [0.2, 0.25) is 0 Å². The Morgan fingerprint density at radius 1 is 0.796 bits per heavy atom. The predicted molar refractivity (Wildman–Crippen MR) is 163 cm³/mol. The standard InChI is InChI=1S/C28H28N5O13P3/c29-26-23-27(31-15-30-26)33(16-32-23)28-25-24(42-22(43-25)12-17-6-2-1-3-7-17)21(41-28)14-40-47(34,35)45-49(38,39)46-48(36,37)44-20-11-10-18-8-4-5-9-19(18)13-20/h1-11,13,15-16,21-22,24-25,28H,12,14H2,(H,34,35)(H,36,37)(H,38,39)(H2,29,30,31)/p-3/t21-,22?,24?,25+,28-/m1/s1. The van der Waals surface area contributed by atoms with Crippen molar-refractivity contribution in [1.29, 1.82) is 0 Å². The second-order valence-electron chi connectivity index (χ2n) is 10.9. The second kappa shape index (κ2) is 13.3. The summed E-state index contributed by atoms with van der Waals surface area (Å²) in [4.78, 5) is 49.8. The molecule has 3 aromatic carbocycles. The molecule has 7 rings (SSSR count). The van der Waals surface area contributed by atoms with Crippen LogP contribution in [-0.2, 0) is 47.5 Å². The summed E-state index contributed by atoms with van der Waals surface area (Å²) in [6, 6.07) is 20.3. The Morgan fingerprint density at radius 3 is 2.31 bits per heavy atom. The molecule has 2 N–H and O–H groups in total. The van der Waals surface area contributed by atoms with Crippen molar-refractivity contribution < 1.29 is 60.3 Å². The van der Waals surface area contributed by atoms with Gasteiger partial charge in [-0.1, -0.05) is 60.7 Å². The van der Waals surface area contributed by atoms with E-state index in [1.807, 2.05) is 30.3 Å². The molecule has 5 aromatic rings. The molecule has 49 heavy (non-hydrogen) atoms. The van der Waals surface area contributed by atoms with E-state index in [4.69, 9.17) is 29.0 Å². The Balaban J connectivity index is 1.03. The molecule has 2 aliphatic heterocycles. The first-order valence-corrected chi connectivity index (χ1v) is 18.8. The highest BCUT2D eigenvalue weighted by molar-refractivity contribution is 7.65. The average Bonchev–Trinajstić information content (AvgIpc) is 3.74. The van der Waals surface area contributed by atoms with Crippen LogP contribution in [0.15, 0.2) is 85.5 Å². The SMILES string of the molecule is Nc1ncnc2c1ncn2[C@@H]1O[C@H](COP(=O)([O-])OP(=O)([O-])OP(=O)([O-])Oc2ccc3ccccc3c2)C2OC(Cc3ccccc3)O[C@@H]21. The Labute approximate surface area is 277 Å². The molecule has 2 saturated heterocycles. The topological polar surface area (TPSA) is 255 Å². The fraction of sp³-hybridized carbons (Fsp3) is 0.250. The number of hydrogen-bond donors (Lipinski definition) is 1. The van der Waals surface area contributed by atoms with E-state index in [0.29, 0.717) is 17.5 Å². The van der Waals surface area contributed by atoms with Gasteiger partial charge in [-0.15, -0.1) is 0 Å². The van der Waals surface area contributed by atoms with E-state index in [1.165, 1.54) is 35.4 Å². The summed E-state index contributed by atoms with van der Waals surface area (Å²) >= 11 is 0. The Kier molecular flexibility index (Phi) is 9.17. The fourth-order valence-corrected chi connectivity index (χ4v) is 8.91. The number of imidazole rings is 1. The van der Waals surface area contributed by atoms with Crippen molar-refractivity contribution in [2.75, 3.05) is 12.3 Å². The average molecular weight is 732 g/mol. The maximum atomic E-state index is 12.6. The molecule has 2 fully saturated rings. The molecule has 2 aromatic heterocycles. The molecule has 8 atom stereocenters. The van der Waals surface area contributed by atoms with Crippen LogP contribution in [0.25, 0.3) is 21.9 Å². The van der Waals surface area contributed by atoms with Gasteiger partial charge in [-0.3, -0.25) is 18.3 Å². The zero-order valence-electron chi connectivity index (χ0n) is 24.9. The zero-order valence-corrected chi connectivity index (χ0v) is 27.6. The molecular weight excluding hydrogens is 707 g/mol. The van der Waals surface area contributed by atoms with E-state index in [9.17, 15) is 28.4 Å². The maximum Gasteiger partial charge on any atom is 0.326 e. The van der Waals surface area contributed by atoms with Gasteiger partial charge in [0.05, 0.1) is 12.9 Å². The molecule has 0 spiro atoms. The van der Waals surface area contributed by atoms with E-state index in [0.717, 1.165) is 10.9 Å². The summed E-state index contributed by atoms with van der Waals surface area (Å²) in [7, 11) is -17.6. The van der Waals surface area contributed by atoms with Crippen LogP contribution in [0.2, 0.25) is 0 Å². The summed E-state index contributed by atoms with van der Waals surface area (Å²) in [5.41, 5.74) is 7.40. The lowest BCUT2D eigenvalue weighted by Gasteiger charge is -2.34. The number of phosphoric ester groups is 2. The van der Waals surface area contributed by atoms with Gasteiger partial charge in [-0.05, 0) is 28.5 Å². The Morgan fingerprint density at radius 2 is 1.51 bits per heavy atom. The highest BCUT2D eigenvalue weighted by atomic mass is 31.3. The number of nitrogen functional groups attached to an aromatic ring is 1. The van der Waals surface area contributed by atoms with Crippen molar-refractivity contribution in [2.24, 2.45) is 0 Å². The second-order valence-corrected chi connectivity index (χ2v) is 15.3. The smallest absolute Gasteiger partial charge is 0.326 e. The van der Waals surface area contributed by atoms with Crippen LogP contribution in [0.5, 0.6) is 5.75 Å². The number of benzene rings is 3. The van der Waals surface area contributed by atoms with Crippen LogP contribution in [0.4, 0.5) is 5.82 Å². The zero-order chi connectivity index (χ0) is 34.4. The van der Waals surface area contributed by atoms with Gasteiger partial charge in [-0.25, -0.2) is 23.6 Å². The maximum absolute atomic E-state index is 12.6. The number of fused-ring (bicyclic) bond motifs is 3. The molecule has 4 heterocycles. The molecule has 18 nitrogen and oxygen atoms in total. The number of ether oxygens (including phenoxy) is 3. The monoisotopic (exact) mass is 732 g/mol. The van der Waals surface area contributed by atoms with Gasteiger partial charge in [0.15, 0.2) is 24.0 Å². The van der Waals surface area contributed by atoms with Crippen LogP contribution in [0, 0.1) is 0 Å². The molecule has 0 amide bonds. The molecule has 21 heteroatoms. The van der Waals surface area contributed by atoms with Crippen LogP contribution < -0.4 is 24.9 Å². The molecular formula is C28H25N5O13P3-3. The largest absolute Gasteiger partial charge is 0.756 e. The number of rotatable bonds is 12. The number of nitrogens with zero attached hydrogens (tertiary/aromatic N) is 4. The van der Waals surface area contributed by atoms with E-state index < -0.39 is 60.9 Å². The van der Waals surface area contributed by atoms with Gasteiger partial charge in [0.25, 0.3) is 15.6 Å². The van der Waals surface area contributed by atoms with Gasteiger partial charge in [-0.2, -0.15) is 0 Å². The molecule has 258 valence electrons. The first kappa shape index (κ1) is 33.9. The summed E-state index contributed by atoms with van der Waals surface area (Å²) in [5, 5.41) is 1.33. The number of anilines is 1. The molecule has 0 saturated carbocycles.